The summed E-state index contributed by atoms with van der Waals surface area (Å²) in [4.78, 5) is 74.4. The highest BCUT2D eigenvalue weighted by atomic mass is 19.1. The molecule has 16 nitrogen and oxygen atoms in total. The minimum Gasteiger partial charge on any atom is -0.453 e. The Morgan fingerprint density at radius 2 is 1.31 bits per heavy atom. The maximum Gasteiger partial charge on any atom is 0.407 e. The lowest BCUT2D eigenvalue weighted by Gasteiger charge is -2.36. The monoisotopic (exact) mass is 1160 g/mol. The van der Waals surface area contributed by atoms with Crippen molar-refractivity contribution in [3.8, 4) is 0 Å². The number of aromatic amines is 1. The number of likely N-dealkylation sites (tertiary alicyclic amines) is 1. The van der Waals surface area contributed by atoms with E-state index in [1.807, 2.05) is 34.1 Å². The third-order valence-corrected chi connectivity index (χ3v) is 20.0. The van der Waals surface area contributed by atoms with Gasteiger partial charge in [-0.15, -0.1) is 0 Å². The Labute approximate surface area is 497 Å². The number of imidazole rings is 1. The number of amides is 3. The van der Waals surface area contributed by atoms with Crippen molar-refractivity contribution in [2.45, 2.75) is 158 Å². The van der Waals surface area contributed by atoms with Crippen LogP contribution in [0.2, 0.25) is 0 Å². The van der Waals surface area contributed by atoms with Gasteiger partial charge < -0.3 is 49.3 Å². The summed E-state index contributed by atoms with van der Waals surface area (Å²) in [6.45, 7) is 3.81. The molecule has 18 heteroatoms. The fraction of sp³-hybridized carbons (Fsp3) is 0.552. The second-order valence-corrected chi connectivity index (χ2v) is 24.8. The van der Waals surface area contributed by atoms with Gasteiger partial charge in [-0.05, 0) is 166 Å². The number of fused-ring (bicyclic) bond motifs is 2. The Bertz CT molecular complexity index is 3210. The number of aryl methyl sites for hydroxylation is 1. The molecule has 1 unspecified atom stereocenters. The summed E-state index contributed by atoms with van der Waals surface area (Å²) in [5.41, 5.74) is 8.26. The van der Waals surface area contributed by atoms with Crippen LogP contribution >= 0.6 is 0 Å². The predicted octanol–water partition coefficient (Wildman–Crippen LogP) is 12.2. The quantitative estimate of drug-likeness (QED) is 0.0849. The number of ketones is 1. The summed E-state index contributed by atoms with van der Waals surface area (Å²) in [7, 11) is 2.63. The van der Waals surface area contributed by atoms with Gasteiger partial charge in [0.25, 0.3) is 0 Å². The molecule has 3 amide bonds. The van der Waals surface area contributed by atoms with Gasteiger partial charge in [0.1, 0.15) is 17.6 Å². The molecule has 0 spiro atoms. The van der Waals surface area contributed by atoms with Crippen molar-refractivity contribution in [1.82, 2.24) is 25.5 Å². The molecule has 5 saturated heterocycles. The van der Waals surface area contributed by atoms with Gasteiger partial charge in [0.05, 0.1) is 55.1 Å². The fourth-order valence-electron chi connectivity index (χ4n) is 15.5. The Kier molecular flexibility index (Phi) is 18.1. The number of hydrogen-bond donors (Lipinski definition) is 3. The van der Waals surface area contributed by atoms with Crippen molar-refractivity contribution in [3.63, 3.8) is 0 Å². The average molecular weight is 1170 g/mol. The molecular weight excluding hydrogens is 1080 g/mol. The van der Waals surface area contributed by atoms with Crippen LogP contribution in [0.5, 0.6) is 0 Å². The molecule has 6 aliphatic heterocycles. The molecule has 5 aromatic rings. The lowest BCUT2D eigenvalue weighted by molar-refractivity contribution is -0.135. The van der Waals surface area contributed by atoms with Crippen LogP contribution in [-0.2, 0) is 35.0 Å². The Morgan fingerprint density at radius 3 is 2.00 bits per heavy atom. The smallest absolute Gasteiger partial charge is 0.407 e. The summed E-state index contributed by atoms with van der Waals surface area (Å²) in [5, 5.41) is 5.76. The number of Topliss-reactive ketones (excluding diaryl/α,β-unsaturated/α-hetero) is 1. The van der Waals surface area contributed by atoms with Gasteiger partial charge in [-0.2, -0.15) is 0 Å². The van der Waals surface area contributed by atoms with Crippen LogP contribution in [0.25, 0.3) is 11.0 Å². The minimum absolute atomic E-state index is 0.00119. The number of carbonyl (C=O) groups excluding carboxylic acids is 4. The van der Waals surface area contributed by atoms with E-state index in [0.29, 0.717) is 109 Å². The lowest BCUT2D eigenvalue weighted by Crippen LogP contribution is -2.55. The first-order chi connectivity index (χ1) is 41.5. The Hall–Kier alpha value is -6.92. The maximum atomic E-state index is 17.1. The third kappa shape index (κ3) is 12.7. The molecule has 4 aromatic carbocycles. The lowest BCUT2D eigenvalue weighted by atomic mass is 9.80. The van der Waals surface area contributed by atoms with Crippen LogP contribution in [0.3, 0.4) is 0 Å². The third-order valence-electron chi connectivity index (χ3n) is 20.0. The van der Waals surface area contributed by atoms with Gasteiger partial charge in [-0.25, -0.2) is 23.4 Å². The maximum absolute atomic E-state index is 17.1. The highest BCUT2D eigenvalue weighted by molar-refractivity contribution is 5.98. The van der Waals surface area contributed by atoms with Crippen molar-refractivity contribution >= 4 is 57.7 Å². The molecule has 7 atom stereocenters. The number of halogens is 2. The largest absolute Gasteiger partial charge is 0.453 e. The van der Waals surface area contributed by atoms with Crippen molar-refractivity contribution in [2.24, 2.45) is 22.7 Å². The average Bonchev–Trinajstić information content (AvgIpc) is 4.22. The second-order valence-electron chi connectivity index (χ2n) is 24.8. The highest BCUT2D eigenvalue weighted by Crippen LogP contribution is 2.50. The van der Waals surface area contributed by atoms with Crippen molar-refractivity contribution in [2.75, 3.05) is 70.1 Å². The number of aliphatic imine (C=N–C) groups is 1. The summed E-state index contributed by atoms with van der Waals surface area (Å²) < 4.78 is 55.3. The number of methoxy groups -OCH3 is 2. The molecule has 452 valence electrons. The van der Waals surface area contributed by atoms with E-state index in [4.69, 9.17) is 28.9 Å². The number of hydrogen-bond acceptors (Lipinski definition) is 12. The molecule has 1 aromatic heterocycles. The molecule has 1 saturated carbocycles. The number of benzene rings is 4. The van der Waals surface area contributed by atoms with Crippen molar-refractivity contribution in [1.29, 1.82) is 0 Å². The first kappa shape index (κ1) is 58.5. The second kappa shape index (κ2) is 26.4. The van der Waals surface area contributed by atoms with E-state index in [-0.39, 0.29) is 59.2 Å². The number of carbonyl (C=O) groups is 4. The van der Waals surface area contributed by atoms with Crippen LogP contribution in [-0.4, -0.2) is 123 Å². The zero-order valence-electron chi connectivity index (χ0n) is 49.2. The van der Waals surface area contributed by atoms with Crippen molar-refractivity contribution < 1.29 is 46.9 Å². The summed E-state index contributed by atoms with van der Waals surface area (Å²) in [6.07, 6.45) is 12.6. The standard InChI is InChI=1S/C67H82F2N8O8/c1-82-66(80)73-61(44-25-32-84-33-26-44)60(78)38-46-12-7-4-8-13-50(46)64-71-53-19-18-48(37-56(53)72-64)58-22-21-57(77(58)49-39-51(68)63(52(69)40-49)75-30-23-42(24-31-75)41-10-5-3-6-11-41)47-16-15-43-17-20-54(70-55(43)36-47)59-14-9-29-76(59)65(79)62(74-67(81)83-2)45-27-34-85-35-28-45/h3,5-6,10-11,15-16,18-19,36-37,39-40,42,44-46,50,57-59,61-62H,4,7-9,12-14,17,20-35,38H2,1-2H3,(H,71,72)(H,73,80)(H,74,81)/t46?,50-,57-,58-,59+,61+,62+/m1/s1. The topological polar surface area (TPSA) is 180 Å². The summed E-state index contributed by atoms with van der Waals surface area (Å²) in [6, 6.07) is 24.0. The molecule has 0 radical (unpaired) electrons. The molecular formula is C67H82F2N8O8. The van der Waals surface area contributed by atoms with E-state index in [0.717, 1.165) is 109 Å². The number of aromatic nitrogens is 2. The molecule has 1 aliphatic carbocycles. The number of H-pyrrole nitrogens is 1. The van der Waals surface area contributed by atoms with Gasteiger partial charge >= 0.3 is 12.2 Å². The normalized spacial score (nSPS) is 24.3. The van der Waals surface area contributed by atoms with Crippen LogP contribution in [0.15, 0.2) is 83.9 Å². The number of nitrogens with zero attached hydrogens (tertiary/aromatic N) is 5. The Balaban J connectivity index is 0.845. The van der Waals surface area contributed by atoms with E-state index in [1.165, 1.54) is 31.9 Å². The zero-order valence-corrected chi connectivity index (χ0v) is 49.2. The number of piperidine rings is 1. The zero-order chi connectivity index (χ0) is 58.6. The number of anilines is 2. The van der Waals surface area contributed by atoms with Crippen LogP contribution in [0.4, 0.5) is 35.4 Å². The van der Waals surface area contributed by atoms with Crippen LogP contribution in [0.1, 0.15) is 161 Å². The van der Waals surface area contributed by atoms with E-state index < -0.39 is 35.9 Å². The van der Waals surface area contributed by atoms with E-state index in [9.17, 15) is 19.2 Å². The molecule has 7 heterocycles. The van der Waals surface area contributed by atoms with Crippen LogP contribution < -0.4 is 20.4 Å². The van der Waals surface area contributed by atoms with E-state index in [1.54, 1.807) is 0 Å². The van der Waals surface area contributed by atoms with Gasteiger partial charge in [-0.1, -0.05) is 67.8 Å². The predicted molar refractivity (Wildman–Crippen MR) is 322 cm³/mol. The molecule has 7 aliphatic rings. The van der Waals surface area contributed by atoms with Gasteiger partial charge in [0.15, 0.2) is 17.4 Å². The molecule has 6 fully saturated rings. The minimum atomic E-state index is -0.733. The number of nitrogens with one attached hydrogen (secondary N) is 3. The van der Waals surface area contributed by atoms with Gasteiger partial charge in [0.2, 0.25) is 5.91 Å². The van der Waals surface area contributed by atoms with Crippen molar-refractivity contribution in [3.05, 3.63) is 119 Å². The number of rotatable bonds is 15. The fourth-order valence-corrected chi connectivity index (χ4v) is 15.5. The number of ether oxygens (including phenoxy) is 4. The molecule has 3 N–H and O–H groups in total. The highest BCUT2D eigenvalue weighted by Gasteiger charge is 2.43. The first-order valence-corrected chi connectivity index (χ1v) is 31.5. The van der Waals surface area contributed by atoms with Gasteiger partial charge in [-0.3, -0.25) is 14.6 Å². The number of alkyl carbamates (subject to hydrolysis) is 2. The molecule has 12 rings (SSSR count). The molecule has 85 heavy (non-hydrogen) atoms. The first-order valence-electron chi connectivity index (χ1n) is 31.5. The van der Waals surface area contributed by atoms with E-state index >= 15 is 8.78 Å². The molecule has 0 bridgehead atoms. The van der Waals surface area contributed by atoms with Crippen LogP contribution in [0, 0.1) is 29.4 Å². The summed E-state index contributed by atoms with van der Waals surface area (Å²) >= 11 is 0. The van der Waals surface area contributed by atoms with E-state index in [2.05, 4.69) is 63.0 Å². The summed E-state index contributed by atoms with van der Waals surface area (Å²) in [5.74, 6) is -0.181. The SMILES string of the molecule is COC(=O)N[C@H](C(=O)CC1CCCCC[C@H]1c1nc2ccc([C@H]3CC[C@H](c4ccc5c(c4)N=C([C@@H]4CCCN4C(=O)[C@@H](NC(=O)OC)C4CCOCC4)CC5)N3c3cc(F)c(N4CCC(c5ccccc5)CC4)c(F)c3)cc2[nH]1)C1CCOCC1. The van der Waals surface area contributed by atoms with Gasteiger partial charge in [0, 0.05) is 69.8 Å². The Morgan fingerprint density at radius 1 is 0.659 bits per heavy atom.